The molecule has 1 fully saturated rings. The quantitative estimate of drug-likeness (QED) is 0.761. The molecule has 1 atom stereocenters. The summed E-state index contributed by atoms with van der Waals surface area (Å²) in [5, 5.41) is 7.11. The molecule has 0 bridgehead atoms. The standard InChI is InChI=1S/C16H22N6O3S/c1-17-15(13-10-19-20(2)12-13)16(23)21-6-8-22(9-7-21)26(24,25)14-4-3-5-18-11-14/h3-5,10-12,15,17H,6-9H2,1-2H3. The highest BCUT2D eigenvalue weighted by atomic mass is 32.2. The smallest absolute Gasteiger partial charge is 0.244 e. The van der Waals surface area contributed by atoms with Gasteiger partial charge in [-0.25, -0.2) is 8.42 Å². The fraction of sp³-hybridized carbons (Fsp3) is 0.438. The normalized spacial score (nSPS) is 17.2. The van der Waals surface area contributed by atoms with Gasteiger partial charge in [0.2, 0.25) is 15.9 Å². The average Bonchev–Trinajstić information content (AvgIpc) is 3.09. The van der Waals surface area contributed by atoms with Gasteiger partial charge < -0.3 is 10.2 Å². The summed E-state index contributed by atoms with van der Waals surface area (Å²) in [5.41, 5.74) is 0.783. The van der Waals surface area contributed by atoms with Crippen LogP contribution in [0.5, 0.6) is 0 Å². The van der Waals surface area contributed by atoms with Crippen molar-refractivity contribution in [3.05, 3.63) is 42.5 Å². The van der Waals surface area contributed by atoms with Crippen molar-refractivity contribution in [1.82, 2.24) is 29.3 Å². The summed E-state index contributed by atoms with van der Waals surface area (Å²) >= 11 is 0. The van der Waals surface area contributed by atoms with Gasteiger partial charge in [-0.15, -0.1) is 0 Å². The Bertz CT molecular complexity index is 859. The SMILES string of the molecule is CNC(C(=O)N1CCN(S(=O)(=O)c2cccnc2)CC1)c1cnn(C)c1. The zero-order valence-electron chi connectivity index (χ0n) is 14.7. The lowest BCUT2D eigenvalue weighted by Crippen LogP contribution is -2.52. The van der Waals surface area contributed by atoms with Crippen molar-refractivity contribution in [2.75, 3.05) is 33.2 Å². The Hall–Kier alpha value is -2.30. The van der Waals surface area contributed by atoms with Crippen molar-refractivity contribution in [2.45, 2.75) is 10.9 Å². The monoisotopic (exact) mass is 378 g/mol. The number of piperazine rings is 1. The first-order valence-corrected chi connectivity index (χ1v) is 9.72. The third kappa shape index (κ3) is 3.62. The highest BCUT2D eigenvalue weighted by Gasteiger charge is 2.33. The van der Waals surface area contributed by atoms with Gasteiger partial charge in [-0.3, -0.25) is 14.5 Å². The topological polar surface area (TPSA) is 100 Å². The molecule has 0 spiro atoms. The number of rotatable bonds is 5. The number of carbonyl (C=O) groups is 1. The highest BCUT2D eigenvalue weighted by Crippen LogP contribution is 2.19. The lowest BCUT2D eigenvalue weighted by molar-refractivity contribution is -0.134. The first kappa shape index (κ1) is 18.5. The lowest BCUT2D eigenvalue weighted by Gasteiger charge is -2.35. The van der Waals surface area contributed by atoms with Gasteiger partial charge in [-0.1, -0.05) is 0 Å². The molecule has 1 aliphatic heterocycles. The Labute approximate surface area is 152 Å². The van der Waals surface area contributed by atoms with E-state index in [9.17, 15) is 13.2 Å². The van der Waals surface area contributed by atoms with Crippen molar-refractivity contribution in [2.24, 2.45) is 7.05 Å². The summed E-state index contributed by atoms with van der Waals surface area (Å²) in [7, 11) is -0.0666. The number of pyridine rings is 1. The molecular weight excluding hydrogens is 356 g/mol. The van der Waals surface area contributed by atoms with Crippen LogP contribution in [0.1, 0.15) is 11.6 Å². The van der Waals surface area contributed by atoms with E-state index in [1.165, 1.54) is 22.8 Å². The van der Waals surface area contributed by atoms with Crippen molar-refractivity contribution in [1.29, 1.82) is 0 Å². The minimum Gasteiger partial charge on any atom is -0.338 e. The summed E-state index contributed by atoms with van der Waals surface area (Å²) in [4.78, 5) is 18.5. The molecular formula is C16H22N6O3S. The molecule has 1 unspecified atom stereocenters. The molecule has 2 aromatic heterocycles. The van der Waals surface area contributed by atoms with E-state index in [-0.39, 0.29) is 23.9 Å². The Morgan fingerprint density at radius 3 is 2.50 bits per heavy atom. The van der Waals surface area contributed by atoms with Gasteiger partial charge in [0.1, 0.15) is 10.9 Å². The van der Waals surface area contributed by atoms with Crippen LogP contribution >= 0.6 is 0 Å². The van der Waals surface area contributed by atoms with Crippen LogP contribution in [0.25, 0.3) is 0 Å². The molecule has 0 aliphatic carbocycles. The Morgan fingerprint density at radius 1 is 1.23 bits per heavy atom. The molecule has 1 saturated heterocycles. The number of likely N-dealkylation sites (N-methyl/N-ethyl adjacent to an activating group) is 1. The van der Waals surface area contributed by atoms with Gasteiger partial charge in [0.25, 0.3) is 0 Å². The highest BCUT2D eigenvalue weighted by molar-refractivity contribution is 7.89. The Kier molecular flexibility index (Phi) is 5.35. The van der Waals surface area contributed by atoms with Crippen LogP contribution in [0, 0.1) is 0 Å². The van der Waals surface area contributed by atoms with Gasteiger partial charge in [0.15, 0.2) is 0 Å². The second-order valence-corrected chi connectivity index (χ2v) is 8.03. The largest absolute Gasteiger partial charge is 0.338 e. The van der Waals surface area contributed by atoms with Crippen LogP contribution in [0.15, 0.2) is 41.8 Å². The number of nitrogens with zero attached hydrogens (tertiary/aromatic N) is 5. The van der Waals surface area contributed by atoms with Crippen LogP contribution < -0.4 is 5.32 Å². The first-order chi connectivity index (χ1) is 12.4. The van der Waals surface area contributed by atoms with E-state index in [0.717, 1.165) is 5.56 Å². The number of nitrogens with one attached hydrogen (secondary N) is 1. The first-order valence-electron chi connectivity index (χ1n) is 8.28. The molecule has 1 amide bonds. The maximum absolute atomic E-state index is 12.8. The number of amides is 1. The van der Waals surface area contributed by atoms with E-state index >= 15 is 0 Å². The Balaban J connectivity index is 1.67. The molecule has 9 nitrogen and oxygen atoms in total. The van der Waals surface area contributed by atoms with Gasteiger partial charge >= 0.3 is 0 Å². The molecule has 0 saturated carbocycles. The van der Waals surface area contributed by atoms with Crippen molar-refractivity contribution >= 4 is 15.9 Å². The maximum atomic E-state index is 12.8. The maximum Gasteiger partial charge on any atom is 0.244 e. The van der Waals surface area contributed by atoms with Gasteiger partial charge in [0, 0.05) is 57.4 Å². The van der Waals surface area contributed by atoms with E-state index in [2.05, 4.69) is 15.4 Å². The summed E-state index contributed by atoms with van der Waals surface area (Å²) in [6, 6.07) is 2.63. The molecule has 3 heterocycles. The van der Waals surface area contributed by atoms with E-state index in [1.54, 1.807) is 42.1 Å². The summed E-state index contributed by atoms with van der Waals surface area (Å²) in [6.07, 6.45) is 6.32. The molecule has 0 aromatic carbocycles. The molecule has 140 valence electrons. The third-order valence-electron chi connectivity index (χ3n) is 4.42. The fourth-order valence-corrected chi connectivity index (χ4v) is 4.39. The fourth-order valence-electron chi connectivity index (χ4n) is 3.00. The number of sulfonamides is 1. The summed E-state index contributed by atoms with van der Waals surface area (Å²) < 4.78 is 28.3. The number of aryl methyl sites for hydroxylation is 1. The molecule has 0 radical (unpaired) electrons. The van der Waals surface area contributed by atoms with E-state index < -0.39 is 16.1 Å². The second-order valence-electron chi connectivity index (χ2n) is 6.09. The lowest BCUT2D eigenvalue weighted by atomic mass is 10.1. The molecule has 10 heteroatoms. The number of hydrogen-bond acceptors (Lipinski definition) is 6. The van der Waals surface area contributed by atoms with Crippen molar-refractivity contribution in [3.8, 4) is 0 Å². The summed E-state index contributed by atoms with van der Waals surface area (Å²) in [5.74, 6) is -0.0843. The number of carbonyl (C=O) groups excluding carboxylic acids is 1. The molecule has 1 aliphatic rings. The van der Waals surface area contributed by atoms with Crippen molar-refractivity contribution in [3.63, 3.8) is 0 Å². The molecule has 3 rings (SSSR count). The second kappa shape index (κ2) is 7.52. The zero-order valence-corrected chi connectivity index (χ0v) is 15.6. The van der Waals surface area contributed by atoms with E-state index in [0.29, 0.717) is 13.1 Å². The average molecular weight is 378 g/mol. The molecule has 26 heavy (non-hydrogen) atoms. The minimum absolute atomic E-state index is 0.0843. The van der Waals surface area contributed by atoms with Crippen LogP contribution in [0.2, 0.25) is 0 Å². The predicted octanol–water partition coefficient (Wildman–Crippen LogP) is -0.391. The Morgan fingerprint density at radius 2 is 1.96 bits per heavy atom. The van der Waals surface area contributed by atoms with Gasteiger partial charge in [-0.2, -0.15) is 9.40 Å². The van der Waals surface area contributed by atoms with Crippen molar-refractivity contribution < 1.29 is 13.2 Å². The van der Waals surface area contributed by atoms with E-state index in [1.807, 2.05) is 0 Å². The van der Waals surface area contributed by atoms with Gasteiger partial charge in [0.05, 0.1) is 6.20 Å². The minimum atomic E-state index is -3.58. The number of aromatic nitrogens is 3. The van der Waals surface area contributed by atoms with Crippen LogP contribution in [0.3, 0.4) is 0 Å². The van der Waals surface area contributed by atoms with Crippen LogP contribution in [-0.2, 0) is 21.9 Å². The molecule has 1 N–H and O–H groups in total. The van der Waals surface area contributed by atoms with Gasteiger partial charge in [-0.05, 0) is 19.2 Å². The summed E-state index contributed by atoms with van der Waals surface area (Å²) in [6.45, 7) is 1.20. The van der Waals surface area contributed by atoms with Crippen LogP contribution in [0.4, 0.5) is 0 Å². The predicted molar refractivity (Wildman–Crippen MR) is 94.6 cm³/mol. The zero-order chi connectivity index (χ0) is 18.7. The number of hydrogen-bond donors (Lipinski definition) is 1. The third-order valence-corrected chi connectivity index (χ3v) is 6.30. The van der Waals surface area contributed by atoms with E-state index in [4.69, 9.17) is 0 Å². The van der Waals surface area contributed by atoms with Crippen LogP contribution in [-0.4, -0.2) is 71.5 Å². The molecule has 2 aromatic rings.